The number of hydrogen-bond acceptors (Lipinski definition) is 3. The maximum Gasteiger partial charge on any atom is 0.139 e. The molecule has 0 saturated heterocycles. The monoisotopic (exact) mass is 289 g/mol. The van der Waals surface area contributed by atoms with E-state index in [1.54, 1.807) is 18.2 Å². The van der Waals surface area contributed by atoms with E-state index in [1.807, 2.05) is 0 Å². The first-order valence-corrected chi connectivity index (χ1v) is 6.81. The topological polar surface area (TPSA) is 41.5 Å². The maximum absolute atomic E-state index is 9.77. The van der Waals surface area contributed by atoms with Gasteiger partial charge in [0.05, 0.1) is 5.02 Å². The third-order valence-electron chi connectivity index (χ3n) is 3.05. The summed E-state index contributed by atoms with van der Waals surface area (Å²) in [6.45, 7) is 2.92. The summed E-state index contributed by atoms with van der Waals surface area (Å²) in [5, 5.41) is 14.1. The highest BCUT2D eigenvalue weighted by molar-refractivity contribution is 6.34. The fourth-order valence-corrected chi connectivity index (χ4v) is 2.06. The van der Waals surface area contributed by atoms with E-state index >= 15 is 0 Å². The third-order valence-corrected chi connectivity index (χ3v) is 3.60. The van der Waals surface area contributed by atoms with Gasteiger partial charge in [0.2, 0.25) is 0 Å². The highest BCUT2D eigenvalue weighted by Crippen LogP contribution is 2.29. The molecule has 1 aliphatic rings. The van der Waals surface area contributed by atoms with Gasteiger partial charge < -0.3 is 15.2 Å². The summed E-state index contributed by atoms with van der Waals surface area (Å²) in [5.74, 6) is 1.23. The van der Waals surface area contributed by atoms with Crippen molar-refractivity contribution in [3.63, 3.8) is 0 Å². The van der Waals surface area contributed by atoms with E-state index < -0.39 is 6.10 Å². The molecule has 100 valence electrons. The van der Waals surface area contributed by atoms with Crippen LogP contribution in [0.5, 0.6) is 5.75 Å². The second kappa shape index (κ2) is 6.11. The fourth-order valence-electron chi connectivity index (χ4n) is 1.73. The van der Waals surface area contributed by atoms with Crippen molar-refractivity contribution in [1.82, 2.24) is 5.32 Å². The quantitative estimate of drug-likeness (QED) is 0.846. The summed E-state index contributed by atoms with van der Waals surface area (Å²) < 4.78 is 5.45. The van der Waals surface area contributed by atoms with Gasteiger partial charge in [-0.15, -0.1) is 0 Å². The lowest BCUT2D eigenvalue weighted by atomic mass is 10.3. The smallest absolute Gasteiger partial charge is 0.139 e. The zero-order valence-corrected chi connectivity index (χ0v) is 11.7. The molecule has 1 aliphatic carbocycles. The van der Waals surface area contributed by atoms with E-state index in [0.29, 0.717) is 28.4 Å². The number of aliphatic hydroxyl groups is 1. The average molecular weight is 290 g/mol. The molecule has 2 rings (SSSR count). The van der Waals surface area contributed by atoms with Crippen molar-refractivity contribution >= 4 is 23.2 Å². The zero-order chi connectivity index (χ0) is 13.1. The molecular formula is C13H17Cl2NO2. The predicted molar refractivity (Wildman–Crippen MR) is 73.5 cm³/mol. The number of nitrogens with one attached hydrogen (secondary N) is 1. The number of aliphatic hydroxyl groups excluding tert-OH is 1. The van der Waals surface area contributed by atoms with Crippen LogP contribution in [-0.2, 0) is 0 Å². The van der Waals surface area contributed by atoms with Crippen molar-refractivity contribution in [1.29, 1.82) is 0 Å². The van der Waals surface area contributed by atoms with Crippen LogP contribution >= 0.6 is 23.2 Å². The van der Waals surface area contributed by atoms with Crippen LogP contribution in [0.15, 0.2) is 18.2 Å². The van der Waals surface area contributed by atoms with Crippen LogP contribution in [0.2, 0.25) is 10.0 Å². The molecule has 0 aliphatic heterocycles. The Morgan fingerprint density at radius 3 is 2.89 bits per heavy atom. The zero-order valence-electron chi connectivity index (χ0n) is 10.2. The van der Waals surface area contributed by atoms with Gasteiger partial charge in [0.25, 0.3) is 0 Å². The second-order valence-corrected chi connectivity index (χ2v) is 5.61. The molecule has 0 spiro atoms. The van der Waals surface area contributed by atoms with Gasteiger partial charge in [-0.1, -0.05) is 30.1 Å². The molecular weight excluding hydrogens is 273 g/mol. The number of halogens is 2. The van der Waals surface area contributed by atoms with Gasteiger partial charge in [-0.3, -0.25) is 0 Å². The van der Waals surface area contributed by atoms with Gasteiger partial charge in [-0.2, -0.15) is 0 Å². The summed E-state index contributed by atoms with van der Waals surface area (Å²) >= 11 is 11.8. The SMILES string of the molecule is CC1CC1NCC(O)COc1cc(Cl)ccc1Cl. The minimum absolute atomic E-state index is 0.203. The Morgan fingerprint density at radius 2 is 2.22 bits per heavy atom. The molecule has 1 saturated carbocycles. The lowest BCUT2D eigenvalue weighted by Crippen LogP contribution is -2.33. The van der Waals surface area contributed by atoms with Crippen LogP contribution in [0.1, 0.15) is 13.3 Å². The Hall–Kier alpha value is -0.480. The first-order chi connectivity index (χ1) is 8.56. The van der Waals surface area contributed by atoms with Crippen molar-refractivity contribution in [2.45, 2.75) is 25.5 Å². The summed E-state index contributed by atoms with van der Waals surface area (Å²) in [4.78, 5) is 0. The standard InChI is InChI=1S/C13H17Cl2NO2/c1-8-4-12(8)16-6-10(17)7-18-13-5-9(14)2-3-11(13)15/h2-3,5,8,10,12,16-17H,4,6-7H2,1H3. The molecule has 2 N–H and O–H groups in total. The Morgan fingerprint density at radius 1 is 1.50 bits per heavy atom. The van der Waals surface area contributed by atoms with E-state index in [2.05, 4.69) is 12.2 Å². The van der Waals surface area contributed by atoms with Crippen molar-refractivity contribution in [2.75, 3.05) is 13.2 Å². The van der Waals surface area contributed by atoms with Gasteiger partial charge in [-0.25, -0.2) is 0 Å². The fraction of sp³-hybridized carbons (Fsp3) is 0.538. The van der Waals surface area contributed by atoms with Gasteiger partial charge in [0, 0.05) is 23.7 Å². The molecule has 0 bridgehead atoms. The summed E-state index contributed by atoms with van der Waals surface area (Å²) in [5.41, 5.74) is 0. The normalized spacial score (nSPS) is 23.8. The highest BCUT2D eigenvalue weighted by Gasteiger charge is 2.32. The Bertz CT molecular complexity index is 414. The van der Waals surface area contributed by atoms with E-state index in [-0.39, 0.29) is 6.61 Å². The lowest BCUT2D eigenvalue weighted by molar-refractivity contribution is 0.106. The summed E-state index contributed by atoms with van der Waals surface area (Å²) in [6.07, 6.45) is 0.640. The van der Waals surface area contributed by atoms with Crippen molar-refractivity contribution < 1.29 is 9.84 Å². The van der Waals surface area contributed by atoms with Crippen LogP contribution < -0.4 is 10.1 Å². The number of ether oxygens (including phenoxy) is 1. The molecule has 18 heavy (non-hydrogen) atoms. The van der Waals surface area contributed by atoms with Gasteiger partial charge in [-0.05, 0) is 24.5 Å². The first-order valence-electron chi connectivity index (χ1n) is 6.05. The molecule has 3 atom stereocenters. The third kappa shape index (κ3) is 4.02. The van der Waals surface area contributed by atoms with E-state index in [0.717, 1.165) is 5.92 Å². The molecule has 3 nitrogen and oxygen atoms in total. The largest absolute Gasteiger partial charge is 0.489 e. The number of rotatable bonds is 6. The molecule has 0 radical (unpaired) electrons. The minimum Gasteiger partial charge on any atom is -0.489 e. The van der Waals surface area contributed by atoms with E-state index in [1.165, 1.54) is 6.42 Å². The van der Waals surface area contributed by atoms with Crippen LogP contribution in [0.25, 0.3) is 0 Å². The molecule has 0 heterocycles. The van der Waals surface area contributed by atoms with Crippen LogP contribution in [-0.4, -0.2) is 30.4 Å². The molecule has 0 aromatic heterocycles. The summed E-state index contributed by atoms with van der Waals surface area (Å²) in [7, 11) is 0. The molecule has 1 aromatic carbocycles. The minimum atomic E-state index is -0.548. The number of hydrogen-bond donors (Lipinski definition) is 2. The Labute approximate surface area is 117 Å². The van der Waals surface area contributed by atoms with Crippen LogP contribution in [0.3, 0.4) is 0 Å². The van der Waals surface area contributed by atoms with Gasteiger partial charge >= 0.3 is 0 Å². The van der Waals surface area contributed by atoms with E-state index in [9.17, 15) is 5.11 Å². The van der Waals surface area contributed by atoms with Gasteiger partial charge in [0.1, 0.15) is 18.5 Å². The predicted octanol–water partition coefficient (Wildman–Crippen LogP) is 2.73. The Kier molecular flexibility index (Phi) is 4.73. The lowest BCUT2D eigenvalue weighted by Gasteiger charge is -2.14. The summed E-state index contributed by atoms with van der Waals surface area (Å²) in [6, 6.07) is 5.57. The first kappa shape index (κ1) is 13.9. The van der Waals surface area contributed by atoms with Crippen molar-refractivity contribution in [3.8, 4) is 5.75 Å². The van der Waals surface area contributed by atoms with Gasteiger partial charge in [0.15, 0.2) is 0 Å². The molecule has 5 heteroatoms. The number of benzene rings is 1. The maximum atomic E-state index is 9.77. The highest BCUT2D eigenvalue weighted by atomic mass is 35.5. The molecule has 3 unspecified atom stereocenters. The average Bonchev–Trinajstić information content (AvgIpc) is 3.04. The van der Waals surface area contributed by atoms with Crippen molar-refractivity contribution in [3.05, 3.63) is 28.2 Å². The van der Waals surface area contributed by atoms with E-state index in [4.69, 9.17) is 27.9 Å². The molecule has 1 aromatic rings. The molecule has 1 fully saturated rings. The second-order valence-electron chi connectivity index (χ2n) is 4.77. The molecule has 0 amide bonds. The Balaban J connectivity index is 1.74. The van der Waals surface area contributed by atoms with Crippen LogP contribution in [0.4, 0.5) is 0 Å². The van der Waals surface area contributed by atoms with Crippen molar-refractivity contribution in [2.24, 2.45) is 5.92 Å². The van der Waals surface area contributed by atoms with Crippen LogP contribution in [0, 0.1) is 5.92 Å².